The van der Waals surface area contributed by atoms with Crippen LogP contribution in [0.25, 0.3) is 0 Å². The lowest BCUT2D eigenvalue weighted by Gasteiger charge is -2.28. The maximum absolute atomic E-state index is 11.0. The molecule has 4 nitrogen and oxygen atoms in total. The van der Waals surface area contributed by atoms with Gasteiger partial charge in [0.15, 0.2) is 0 Å². The quantitative estimate of drug-likeness (QED) is 0.752. The molecule has 5 N–H and O–H groups in total. The number of hydrogen-bond donors (Lipinski definition) is 3. The highest BCUT2D eigenvalue weighted by atomic mass is 16.1. The van der Waals surface area contributed by atoms with Crippen LogP contribution < -0.4 is 16.8 Å². The second kappa shape index (κ2) is 5.87. The van der Waals surface area contributed by atoms with Gasteiger partial charge in [-0.15, -0.1) is 0 Å². The molecular formula is C14H21N3O. The molecule has 1 saturated carbocycles. The van der Waals surface area contributed by atoms with Gasteiger partial charge < -0.3 is 16.8 Å². The molecule has 18 heavy (non-hydrogen) atoms. The summed E-state index contributed by atoms with van der Waals surface area (Å²) in [5.41, 5.74) is 13.2. The summed E-state index contributed by atoms with van der Waals surface area (Å²) < 4.78 is 0. The van der Waals surface area contributed by atoms with Crippen LogP contribution in [0.15, 0.2) is 24.3 Å². The highest BCUT2D eigenvalue weighted by Gasteiger charge is 2.19. The molecule has 98 valence electrons. The van der Waals surface area contributed by atoms with Crippen molar-refractivity contribution in [1.29, 1.82) is 0 Å². The molecule has 0 unspecified atom stereocenters. The highest BCUT2D eigenvalue weighted by molar-refractivity contribution is 5.78. The SMILES string of the molecule is NC(=O)Cc1ccccc1NC1CCC(N)CC1. The molecule has 1 fully saturated rings. The van der Waals surface area contributed by atoms with Crippen LogP contribution in [0.5, 0.6) is 0 Å². The summed E-state index contributed by atoms with van der Waals surface area (Å²) in [7, 11) is 0. The molecule has 1 aromatic rings. The van der Waals surface area contributed by atoms with Gasteiger partial charge >= 0.3 is 0 Å². The summed E-state index contributed by atoms with van der Waals surface area (Å²) in [5, 5.41) is 3.51. The molecule has 2 rings (SSSR count). The van der Waals surface area contributed by atoms with Crippen molar-refractivity contribution in [1.82, 2.24) is 0 Å². The van der Waals surface area contributed by atoms with Crippen molar-refractivity contribution in [3.63, 3.8) is 0 Å². The smallest absolute Gasteiger partial charge is 0.221 e. The molecule has 0 spiro atoms. The fourth-order valence-corrected chi connectivity index (χ4v) is 2.49. The minimum Gasteiger partial charge on any atom is -0.382 e. The zero-order valence-electron chi connectivity index (χ0n) is 10.6. The number of benzene rings is 1. The van der Waals surface area contributed by atoms with E-state index in [1.54, 1.807) is 0 Å². The Kier molecular flexibility index (Phi) is 4.20. The number of para-hydroxylation sites is 1. The first kappa shape index (κ1) is 12.9. The van der Waals surface area contributed by atoms with E-state index in [0.717, 1.165) is 36.9 Å². The molecule has 0 bridgehead atoms. The molecule has 0 heterocycles. The molecule has 1 aliphatic rings. The van der Waals surface area contributed by atoms with Crippen molar-refractivity contribution in [2.75, 3.05) is 5.32 Å². The van der Waals surface area contributed by atoms with Crippen LogP contribution in [0.3, 0.4) is 0 Å². The highest BCUT2D eigenvalue weighted by Crippen LogP contribution is 2.23. The molecule has 0 aromatic heterocycles. The number of nitrogens with two attached hydrogens (primary N) is 2. The summed E-state index contributed by atoms with van der Waals surface area (Å²) >= 11 is 0. The van der Waals surface area contributed by atoms with Crippen LogP contribution in [0, 0.1) is 0 Å². The zero-order chi connectivity index (χ0) is 13.0. The van der Waals surface area contributed by atoms with Gasteiger partial charge in [-0.1, -0.05) is 18.2 Å². The fraction of sp³-hybridized carbons (Fsp3) is 0.500. The standard InChI is InChI=1S/C14H21N3O/c15-11-5-7-12(8-6-11)17-13-4-2-1-3-10(13)9-14(16)18/h1-4,11-12,17H,5-9,15H2,(H2,16,18). The first-order valence-electron chi connectivity index (χ1n) is 6.53. The summed E-state index contributed by atoms with van der Waals surface area (Å²) in [5.74, 6) is -0.296. The minimum atomic E-state index is -0.296. The van der Waals surface area contributed by atoms with E-state index in [1.807, 2.05) is 24.3 Å². The fourth-order valence-electron chi connectivity index (χ4n) is 2.49. The van der Waals surface area contributed by atoms with Gasteiger partial charge in [0, 0.05) is 17.8 Å². The number of carbonyl (C=O) groups is 1. The first-order valence-corrected chi connectivity index (χ1v) is 6.53. The third kappa shape index (κ3) is 3.47. The van der Waals surface area contributed by atoms with Gasteiger partial charge in [0.25, 0.3) is 0 Å². The summed E-state index contributed by atoms with van der Waals surface area (Å²) in [6.07, 6.45) is 4.60. The Morgan fingerprint density at radius 3 is 2.56 bits per heavy atom. The van der Waals surface area contributed by atoms with Crippen molar-refractivity contribution in [2.45, 2.75) is 44.2 Å². The number of anilines is 1. The normalized spacial score (nSPS) is 23.6. The van der Waals surface area contributed by atoms with Crippen LogP contribution in [-0.4, -0.2) is 18.0 Å². The Labute approximate surface area is 108 Å². The maximum Gasteiger partial charge on any atom is 0.221 e. The topological polar surface area (TPSA) is 81.1 Å². The molecule has 1 aliphatic carbocycles. The number of rotatable bonds is 4. The minimum absolute atomic E-state index is 0.287. The Balaban J connectivity index is 2.02. The molecule has 0 saturated heterocycles. The van der Waals surface area contributed by atoms with Crippen molar-refractivity contribution in [2.24, 2.45) is 11.5 Å². The van der Waals surface area contributed by atoms with E-state index >= 15 is 0 Å². The molecule has 0 radical (unpaired) electrons. The third-order valence-corrected chi connectivity index (χ3v) is 3.51. The van der Waals surface area contributed by atoms with Crippen LogP contribution in [0.1, 0.15) is 31.2 Å². The molecule has 1 amide bonds. The van der Waals surface area contributed by atoms with E-state index in [1.165, 1.54) is 0 Å². The lowest BCUT2D eigenvalue weighted by Crippen LogP contribution is -2.33. The predicted octanol–water partition coefficient (Wildman–Crippen LogP) is 1.40. The second-order valence-electron chi connectivity index (χ2n) is 5.06. The van der Waals surface area contributed by atoms with Crippen molar-refractivity contribution >= 4 is 11.6 Å². The number of hydrogen-bond acceptors (Lipinski definition) is 3. The Morgan fingerprint density at radius 1 is 1.22 bits per heavy atom. The summed E-state index contributed by atoms with van der Waals surface area (Å²) in [6.45, 7) is 0. The van der Waals surface area contributed by atoms with E-state index in [-0.39, 0.29) is 12.3 Å². The third-order valence-electron chi connectivity index (χ3n) is 3.51. The number of primary amides is 1. The van der Waals surface area contributed by atoms with Crippen molar-refractivity contribution in [3.05, 3.63) is 29.8 Å². The van der Waals surface area contributed by atoms with E-state index in [4.69, 9.17) is 11.5 Å². The van der Waals surface area contributed by atoms with E-state index in [2.05, 4.69) is 5.32 Å². The Hall–Kier alpha value is -1.55. The molecular weight excluding hydrogens is 226 g/mol. The molecule has 1 aromatic carbocycles. The van der Waals surface area contributed by atoms with E-state index in [9.17, 15) is 4.79 Å². The summed E-state index contributed by atoms with van der Waals surface area (Å²) in [4.78, 5) is 11.0. The number of amides is 1. The average Bonchev–Trinajstić information content (AvgIpc) is 2.34. The predicted molar refractivity (Wildman–Crippen MR) is 73.2 cm³/mol. The lowest BCUT2D eigenvalue weighted by molar-refractivity contribution is -0.117. The van der Waals surface area contributed by atoms with Gasteiger partial charge in [0.2, 0.25) is 5.91 Å². The average molecular weight is 247 g/mol. The van der Waals surface area contributed by atoms with Crippen molar-refractivity contribution in [3.8, 4) is 0 Å². The Morgan fingerprint density at radius 2 is 1.89 bits per heavy atom. The molecule has 0 aliphatic heterocycles. The van der Waals surface area contributed by atoms with Gasteiger partial charge in [-0.25, -0.2) is 0 Å². The second-order valence-corrected chi connectivity index (χ2v) is 5.06. The van der Waals surface area contributed by atoms with Gasteiger partial charge in [0.05, 0.1) is 6.42 Å². The van der Waals surface area contributed by atoms with Crippen LogP contribution in [0.2, 0.25) is 0 Å². The van der Waals surface area contributed by atoms with E-state index < -0.39 is 0 Å². The monoisotopic (exact) mass is 247 g/mol. The summed E-state index contributed by atoms with van der Waals surface area (Å²) in [6, 6.07) is 8.67. The van der Waals surface area contributed by atoms with Crippen LogP contribution >= 0.6 is 0 Å². The zero-order valence-corrected chi connectivity index (χ0v) is 10.6. The van der Waals surface area contributed by atoms with Gasteiger partial charge in [0.1, 0.15) is 0 Å². The number of nitrogens with one attached hydrogen (secondary N) is 1. The van der Waals surface area contributed by atoms with Crippen molar-refractivity contribution < 1.29 is 4.79 Å². The van der Waals surface area contributed by atoms with Gasteiger partial charge in [-0.3, -0.25) is 4.79 Å². The van der Waals surface area contributed by atoms with Gasteiger partial charge in [-0.05, 0) is 37.3 Å². The largest absolute Gasteiger partial charge is 0.382 e. The molecule has 4 heteroatoms. The van der Waals surface area contributed by atoms with E-state index in [0.29, 0.717) is 12.1 Å². The van der Waals surface area contributed by atoms with Gasteiger partial charge in [-0.2, -0.15) is 0 Å². The maximum atomic E-state index is 11.0. The van der Waals surface area contributed by atoms with Crippen LogP contribution in [0.4, 0.5) is 5.69 Å². The molecule has 0 atom stereocenters. The lowest BCUT2D eigenvalue weighted by atomic mass is 9.91. The van der Waals surface area contributed by atoms with Crippen LogP contribution in [-0.2, 0) is 11.2 Å². The first-order chi connectivity index (χ1) is 8.65. The number of carbonyl (C=O) groups excluding carboxylic acids is 1. The Bertz CT molecular complexity index is 411.